The molecule has 1 aliphatic rings. The molecule has 0 spiro atoms. The molecule has 3 heterocycles. The summed E-state index contributed by atoms with van der Waals surface area (Å²) in [4.78, 5) is 32.9. The van der Waals surface area contributed by atoms with E-state index in [0.29, 0.717) is 50.9 Å². The van der Waals surface area contributed by atoms with Crippen LogP contribution < -0.4 is 0 Å². The molecule has 2 aromatic heterocycles. The minimum atomic E-state index is -0.299. The number of aromatic nitrogens is 4. The van der Waals surface area contributed by atoms with Gasteiger partial charge in [0.05, 0.1) is 12.1 Å². The van der Waals surface area contributed by atoms with Crippen LogP contribution in [0.3, 0.4) is 0 Å². The summed E-state index contributed by atoms with van der Waals surface area (Å²) in [7, 11) is 0. The van der Waals surface area contributed by atoms with Gasteiger partial charge in [0.25, 0.3) is 0 Å². The zero-order valence-corrected chi connectivity index (χ0v) is 24.2. The van der Waals surface area contributed by atoms with Gasteiger partial charge in [0, 0.05) is 50.3 Å². The molecule has 1 fully saturated rings. The molecular weight excluding hydrogens is 524 g/mol. The quantitative estimate of drug-likeness (QED) is 0.205. The summed E-state index contributed by atoms with van der Waals surface area (Å²) < 4.78 is 7.28. The van der Waals surface area contributed by atoms with Crippen LogP contribution in [-0.4, -0.2) is 80.1 Å². The second-order valence-electron chi connectivity index (χ2n) is 10.2. The van der Waals surface area contributed by atoms with Gasteiger partial charge in [0.1, 0.15) is 5.52 Å². The first-order chi connectivity index (χ1) is 19.4. The molecule has 0 radical (unpaired) electrons. The molecule has 0 unspecified atom stereocenters. The number of piperazine rings is 1. The second-order valence-corrected chi connectivity index (χ2v) is 11.3. The first-order valence-corrected chi connectivity index (χ1v) is 14.9. The summed E-state index contributed by atoms with van der Waals surface area (Å²) >= 11 is 1.58. The number of carbonyl (C=O) groups excluding carboxylic acids is 2. The van der Waals surface area contributed by atoms with E-state index in [4.69, 9.17) is 9.72 Å². The average Bonchev–Trinajstić information content (AvgIpc) is 3.25. The fraction of sp³-hybridized carbons (Fsp3) is 0.433. The van der Waals surface area contributed by atoms with Crippen LogP contribution in [0.5, 0.6) is 0 Å². The molecule has 9 nitrogen and oxygen atoms in total. The Kier molecular flexibility index (Phi) is 8.84. The van der Waals surface area contributed by atoms with Crippen molar-refractivity contribution in [3.8, 4) is 0 Å². The molecule has 10 heteroatoms. The van der Waals surface area contributed by atoms with Crippen molar-refractivity contribution in [3.05, 3.63) is 59.2 Å². The number of aryl methyl sites for hydroxylation is 2. The van der Waals surface area contributed by atoms with Gasteiger partial charge in [-0.1, -0.05) is 53.2 Å². The van der Waals surface area contributed by atoms with Crippen LogP contribution in [0.4, 0.5) is 4.79 Å². The average molecular weight is 561 g/mol. The summed E-state index contributed by atoms with van der Waals surface area (Å²) in [6.07, 6.45) is 1.88. The van der Waals surface area contributed by atoms with Crippen molar-refractivity contribution in [2.75, 3.05) is 38.5 Å². The molecule has 40 heavy (non-hydrogen) atoms. The van der Waals surface area contributed by atoms with Gasteiger partial charge in [-0.3, -0.25) is 4.79 Å². The molecule has 2 aromatic carbocycles. The number of amides is 2. The first-order valence-electron chi connectivity index (χ1n) is 13.9. The molecular formula is C30H36N6O3S. The van der Waals surface area contributed by atoms with Gasteiger partial charge in [-0.15, -0.1) is 10.2 Å². The van der Waals surface area contributed by atoms with Gasteiger partial charge < -0.3 is 19.1 Å². The third kappa shape index (κ3) is 6.38. The Bertz CT molecular complexity index is 1500. The molecule has 4 aromatic rings. The molecule has 0 saturated carbocycles. The number of thioether (sulfide) groups is 1. The summed E-state index contributed by atoms with van der Waals surface area (Å²) in [6.45, 7) is 9.21. The van der Waals surface area contributed by atoms with E-state index in [1.165, 1.54) is 16.7 Å². The van der Waals surface area contributed by atoms with Crippen molar-refractivity contribution in [3.63, 3.8) is 0 Å². The maximum Gasteiger partial charge on any atom is 0.409 e. The highest BCUT2D eigenvalue weighted by Gasteiger charge is 2.24. The lowest BCUT2D eigenvalue weighted by Gasteiger charge is -2.34. The van der Waals surface area contributed by atoms with Crippen molar-refractivity contribution >= 4 is 45.8 Å². The van der Waals surface area contributed by atoms with E-state index < -0.39 is 0 Å². The minimum Gasteiger partial charge on any atom is -0.450 e. The summed E-state index contributed by atoms with van der Waals surface area (Å²) in [5, 5.41) is 10.7. The Morgan fingerprint density at radius 1 is 0.925 bits per heavy atom. The lowest BCUT2D eigenvalue weighted by molar-refractivity contribution is -0.132. The normalized spacial score (nSPS) is 13.8. The Morgan fingerprint density at radius 3 is 2.40 bits per heavy atom. The van der Waals surface area contributed by atoms with Crippen LogP contribution >= 0.6 is 11.8 Å². The third-order valence-corrected chi connectivity index (χ3v) is 8.16. The van der Waals surface area contributed by atoms with Gasteiger partial charge in [-0.05, 0) is 51.3 Å². The summed E-state index contributed by atoms with van der Waals surface area (Å²) in [6, 6.07) is 15.0. The number of nitrogens with zero attached hydrogens (tertiary/aromatic N) is 6. The predicted molar refractivity (Wildman–Crippen MR) is 158 cm³/mol. The number of rotatable bonds is 9. The first kappa shape index (κ1) is 27.9. The van der Waals surface area contributed by atoms with E-state index in [-0.39, 0.29) is 12.0 Å². The van der Waals surface area contributed by atoms with Crippen LogP contribution in [0.15, 0.2) is 47.6 Å². The maximum absolute atomic E-state index is 12.6. The molecule has 1 saturated heterocycles. The van der Waals surface area contributed by atoms with Crippen molar-refractivity contribution in [1.82, 2.24) is 29.5 Å². The van der Waals surface area contributed by atoms with E-state index in [0.717, 1.165) is 40.7 Å². The Morgan fingerprint density at radius 2 is 1.65 bits per heavy atom. The van der Waals surface area contributed by atoms with Crippen molar-refractivity contribution in [1.29, 1.82) is 0 Å². The highest BCUT2D eigenvalue weighted by Crippen LogP contribution is 2.29. The number of hydrogen-bond acceptors (Lipinski definition) is 7. The lowest BCUT2D eigenvalue weighted by atomic mass is 10.1. The molecule has 5 rings (SSSR count). The molecule has 1 aliphatic heterocycles. The van der Waals surface area contributed by atoms with E-state index in [1.807, 2.05) is 4.90 Å². The summed E-state index contributed by atoms with van der Waals surface area (Å²) in [5.41, 5.74) is 6.40. The van der Waals surface area contributed by atoms with Crippen LogP contribution in [0.2, 0.25) is 0 Å². The SMILES string of the molecule is CCOC(=O)N1CCN(C(=O)CCCCSc2nnc3c4cc(C)ccc4n(Cc4ccc(C)cc4)c3n2)CC1. The van der Waals surface area contributed by atoms with Gasteiger partial charge in [0.15, 0.2) is 5.65 Å². The molecule has 2 amide bonds. The monoisotopic (exact) mass is 560 g/mol. The fourth-order valence-electron chi connectivity index (χ4n) is 5.01. The highest BCUT2D eigenvalue weighted by molar-refractivity contribution is 7.99. The zero-order chi connectivity index (χ0) is 28.1. The number of benzene rings is 2. The van der Waals surface area contributed by atoms with Gasteiger partial charge >= 0.3 is 6.09 Å². The molecule has 210 valence electrons. The van der Waals surface area contributed by atoms with Crippen LogP contribution in [0.25, 0.3) is 22.1 Å². The number of ether oxygens (including phenoxy) is 1. The number of hydrogen-bond donors (Lipinski definition) is 0. The standard InChI is InChI=1S/C30H36N6O3S/c1-4-39-30(38)35-16-14-34(15-17-35)26(37)7-5-6-18-40-29-31-28-27(32-33-29)24-19-22(3)10-13-25(24)36(28)20-23-11-8-21(2)9-12-23/h8-13,19H,4-7,14-18,20H2,1-3H3. The second kappa shape index (κ2) is 12.7. The molecule has 0 bridgehead atoms. The Labute approximate surface area is 238 Å². The third-order valence-electron chi connectivity index (χ3n) is 7.24. The molecule has 0 aliphatic carbocycles. The van der Waals surface area contributed by atoms with E-state index in [1.54, 1.807) is 23.6 Å². The zero-order valence-electron chi connectivity index (χ0n) is 23.4. The number of unbranched alkanes of at least 4 members (excludes halogenated alkanes) is 1. The Hall–Kier alpha value is -3.66. The van der Waals surface area contributed by atoms with Crippen molar-refractivity contribution in [2.45, 2.75) is 51.7 Å². The summed E-state index contributed by atoms with van der Waals surface area (Å²) in [5.74, 6) is 0.956. The number of fused-ring (bicyclic) bond motifs is 3. The lowest BCUT2D eigenvalue weighted by Crippen LogP contribution is -2.50. The van der Waals surface area contributed by atoms with Crippen molar-refractivity contribution < 1.29 is 14.3 Å². The minimum absolute atomic E-state index is 0.142. The van der Waals surface area contributed by atoms with E-state index >= 15 is 0 Å². The van der Waals surface area contributed by atoms with Crippen LogP contribution in [-0.2, 0) is 16.1 Å². The van der Waals surface area contributed by atoms with Gasteiger partial charge in [0.2, 0.25) is 11.1 Å². The Balaban J connectivity index is 1.18. The van der Waals surface area contributed by atoms with Crippen LogP contribution in [0.1, 0.15) is 42.9 Å². The molecule has 0 N–H and O–H groups in total. The predicted octanol–water partition coefficient (Wildman–Crippen LogP) is 5.21. The molecule has 0 atom stereocenters. The van der Waals surface area contributed by atoms with Gasteiger partial charge in [-0.2, -0.15) is 0 Å². The maximum atomic E-state index is 12.6. The topological polar surface area (TPSA) is 93.5 Å². The number of carbonyl (C=O) groups is 2. The van der Waals surface area contributed by atoms with Crippen LogP contribution in [0, 0.1) is 13.8 Å². The highest BCUT2D eigenvalue weighted by atomic mass is 32.2. The van der Waals surface area contributed by atoms with Gasteiger partial charge in [-0.25, -0.2) is 9.78 Å². The van der Waals surface area contributed by atoms with E-state index in [2.05, 4.69) is 71.1 Å². The van der Waals surface area contributed by atoms with E-state index in [9.17, 15) is 9.59 Å². The van der Waals surface area contributed by atoms with Crippen molar-refractivity contribution in [2.24, 2.45) is 0 Å². The smallest absolute Gasteiger partial charge is 0.409 e. The largest absolute Gasteiger partial charge is 0.450 e. The fourth-order valence-corrected chi connectivity index (χ4v) is 5.79.